The number of rotatable bonds is 8. The molecule has 0 aliphatic carbocycles. The molecule has 0 amide bonds. The number of ether oxygens (including phenoxy) is 1. The SMILES string of the molecule is Cc1cc(C)c(N2C=CN(c3cc(Oc4ccc5c6ccccc6n(-c6cc(C(C)(C)C)ccn6)c5c4)cc(-c4c(C(C)C)cccc4C(C)C)c3)C2)cc1C. The third-order valence-corrected chi connectivity index (χ3v) is 11.5. The lowest BCUT2D eigenvalue weighted by molar-refractivity contribution is 0.483. The molecule has 7 aromatic rings. The molecule has 5 aromatic carbocycles. The topological polar surface area (TPSA) is 33.5 Å². The molecule has 0 radical (unpaired) electrons. The van der Waals surface area contributed by atoms with E-state index < -0.39 is 0 Å². The van der Waals surface area contributed by atoms with E-state index in [4.69, 9.17) is 9.72 Å². The van der Waals surface area contributed by atoms with Crippen molar-refractivity contribution in [2.45, 2.75) is 86.5 Å². The minimum Gasteiger partial charge on any atom is -0.457 e. The van der Waals surface area contributed by atoms with Crippen molar-refractivity contribution in [3.63, 3.8) is 0 Å². The average Bonchev–Trinajstić information content (AvgIpc) is 3.79. The first-order valence-corrected chi connectivity index (χ1v) is 20.0. The van der Waals surface area contributed by atoms with E-state index in [0.717, 1.165) is 39.6 Å². The first-order valence-electron chi connectivity index (χ1n) is 20.0. The maximum absolute atomic E-state index is 6.98. The highest BCUT2D eigenvalue weighted by molar-refractivity contribution is 6.09. The highest BCUT2D eigenvalue weighted by Crippen LogP contribution is 2.42. The average molecular weight is 739 g/mol. The largest absolute Gasteiger partial charge is 0.457 e. The van der Waals surface area contributed by atoms with Crippen LogP contribution in [0.5, 0.6) is 11.5 Å². The molecule has 5 heteroatoms. The van der Waals surface area contributed by atoms with Crippen LogP contribution in [-0.2, 0) is 5.41 Å². The zero-order valence-electron chi connectivity index (χ0n) is 34.6. The Morgan fingerprint density at radius 2 is 1.32 bits per heavy atom. The monoisotopic (exact) mass is 738 g/mol. The Labute approximate surface area is 332 Å². The molecule has 3 heterocycles. The number of para-hydroxylation sites is 1. The summed E-state index contributed by atoms with van der Waals surface area (Å²) in [7, 11) is 0. The van der Waals surface area contributed by atoms with Gasteiger partial charge in [0.05, 0.1) is 17.7 Å². The van der Waals surface area contributed by atoms with Gasteiger partial charge in [-0.2, -0.15) is 0 Å². The summed E-state index contributed by atoms with van der Waals surface area (Å²) in [4.78, 5) is 9.57. The molecule has 0 saturated heterocycles. The molecule has 2 aromatic heterocycles. The van der Waals surface area contributed by atoms with Gasteiger partial charge in [-0.1, -0.05) is 90.9 Å². The maximum atomic E-state index is 6.98. The van der Waals surface area contributed by atoms with Gasteiger partial charge in [-0.05, 0) is 131 Å². The molecule has 0 bridgehead atoms. The van der Waals surface area contributed by atoms with Gasteiger partial charge < -0.3 is 14.5 Å². The Hall–Kier alpha value is -5.81. The van der Waals surface area contributed by atoms with Crippen molar-refractivity contribution in [3.8, 4) is 28.4 Å². The van der Waals surface area contributed by atoms with E-state index in [0.29, 0.717) is 18.5 Å². The van der Waals surface area contributed by atoms with Gasteiger partial charge in [-0.3, -0.25) is 4.57 Å². The Bertz CT molecular complexity index is 2610. The molecule has 0 saturated carbocycles. The van der Waals surface area contributed by atoms with Crippen LogP contribution < -0.4 is 14.5 Å². The first-order chi connectivity index (χ1) is 26.8. The number of fused-ring (bicyclic) bond motifs is 3. The summed E-state index contributed by atoms with van der Waals surface area (Å²) >= 11 is 0. The lowest BCUT2D eigenvalue weighted by Gasteiger charge is -2.25. The number of aromatic nitrogens is 2. The predicted molar refractivity (Wildman–Crippen MR) is 237 cm³/mol. The van der Waals surface area contributed by atoms with E-state index in [1.54, 1.807) is 0 Å². The molecule has 0 unspecified atom stereocenters. The van der Waals surface area contributed by atoms with E-state index >= 15 is 0 Å². The lowest BCUT2D eigenvalue weighted by Crippen LogP contribution is -2.25. The molecule has 8 rings (SSSR count). The zero-order valence-corrected chi connectivity index (χ0v) is 34.6. The molecular formula is C51H54N4O. The molecule has 0 spiro atoms. The van der Waals surface area contributed by atoms with E-state index in [-0.39, 0.29) is 5.41 Å². The Morgan fingerprint density at radius 1 is 0.625 bits per heavy atom. The molecule has 1 aliphatic heterocycles. The Balaban J connectivity index is 1.26. The number of nitrogens with zero attached hydrogens (tertiary/aromatic N) is 4. The van der Waals surface area contributed by atoms with Crippen LogP contribution in [0.25, 0.3) is 38.8 Å². The standard InChI is InChI=1S/C51H54N4O/c1-32(2)42-15-13-16-43(33(3)4)50(42)37-26-39(53-22-23-54(31-53)47-25-35(6)34(5)24-36(47)7)29-41(27-37)56-40-18-19-45-44-14-11-12-17-46(44)55(48(45)30-40)49-28-38(20-21-52-49)51(8,9)10/h11-30,32-33H,31H2,1-10H3. The van der Waals surface area contributed by atoms with Gasteiger partial charge in [0.15, 0.2) is 0 Å². The van der Waals surface area contributed by atoms with Gasteiger partial charge in [0.25, 0.3) is 0 Å². The van der Waals surface area contributed by atoms with E-state index in [1.165, 1.54) is 55.4 Å². The summed E-state index contributed by atoms with van der Waals surface area (Å²) in [6.45, 7) is 23.2. The molecular weight excluding hydrogens is 685 g/mol. The summed E-state index contributed by atoms with van der Waals surface area (Å²) in [5.41, 5.74) is 14.8. The van der Waals surface area contributed by atoms with Crippen LogP contribution in [0.1, 0.15) is 93.7 Å². The normalized spacial score (nSPS) is 13.3. The zero-order chi connectivity index (χ0) is 39.5. The second kappa shape index (κ2) is 14.4. The summed E-state index contributed by atoms with van der Waals surface area (Å²) in [6.07, 6.45) is 6.32. The van der Waals surface area contributed by atoms with Crippen molar-refractivity contribution in [3.05, 3.63) is 155 Å². The van der Waals surface area contributed by atoms with Crippen LogP contribution in [0.2, 0.25) is 0 Å². The summed E-state index contributed by atoms with van der Waals surface area (Å²) < 4.78 is 9.25. The van der Waals surface area contributed by atoms with Crippen molar-refractivity contribution >= 4 is 33.2 Å². The predicted octanol–water partition coefficient (Wildman–Crippen LogP) is 13.9. The minimum absolute atomic E-state index is 0.00343. The van der Waals surface area contributed by atoms with E-state index in [1.807, 2.05) is 6.20 Å². The van der Waals surface area contributed by atoms with Gasteiger partial charge in [0.2, 0.25) is 0 Å². The quantitative estimate of drug-likeness (QED) is 0.155. The fraction of sp³-hybridized carbons (Fsp3) is 0.275. The first kappa shape index (κ1) is 37.1. The number of aryl methyl sites for hydroxylation is 3. The van der Waals surface area contributed by atoms with Crippen LogP contribution in [0.4, 0.5) is 11.4 Å². The molecule has 5 nitrogen and oxygen atoms in total. The third kappa shape index (κ3) is 6.85. The van der Waals surface area contributed by atoms with E-state index in [2.05, 4.69) is 199 Å². The summed E-state index contributed by atoms with van der Waals surface area (Å²) in [5.74, 6) is 3.21. The van der Waals surface area contributed by atoms with E-state index in [9.17, 15) is 0 Å². The molecule has 284 valence electrons. The molecule has 0 N–H and O–H groups in total. The molecule has 0 fully saturated rings. The number of benzene rings is 5. The van der Waals surface area contributed by atoms with Crippen molar-refractivity contribution < 1.29 is 4.74 Å². The molecule has 56 heavy (non-hydrogen) atoms. The summed E-state index contributed by atoms with van der Waals surface area (Å²) in [6, 6.07) is 37.5. The second-order valence-electron chi connectivity index (χ2n) is 17.2. The van der Waals surface area contributed by atoms with Crippen LogP contribution >= 0.6 is 0 Å². The van der Waals surface area contributed by atoms with Crippen LogP contribution in [0.3, 0.4) is 0 Å². The van der Waals surface area contributed by atoms with Crippen molar-refractivity contribution in [2.75, 3.05) is 16.5 Å². The Morgan fingerprint density at radius 3 is 2.05 bits per heavy atom. The van der Waals surface area contributed by atoms with Crippen molar-refractivity contribution in [1.82, 2.24) is 9.55 Å². The fourth-order valence-electron chi connectivity index (χ4n) is 8.24. The second-order valence-corrected chi connectivity index (χ2v) is 17.2. The molecule has 0 atom stereocenters. The smallest absolute Gasteiger partial charge is 0.137 e. The number of anilines is 2. The van der Waals surface area contributed by atoms with Gasteiger partial charge in [-0.15, -0.1) is 0 Å². The molecule has 1 aliphatic rings. The number of pyridine rings is 1. The number of hydrogen-bond acceptors (Lipinski definition) is 4. The van der Waals surface area contributed by atoms with Crippen molar-refractivity contribution in [1.29, 1.82) is 0 Å². The fourth-order valence-corrected chi connectivity index (χ4v) is 8.24. The maximum Gasteiger partial charge on any atom is 0.137 e. The highest BCUT2D eigenvalue weighted by Gasteiger charge is 2.23. The minimum atomic E-state index is -0.00343. The van der Waals surface area contributed by atoms with Crippen molar-refractivity contribution in [2.24, 2.45) is 0 Å². The van der Waals surface area contributed by atoms with Crippen LogP contribution in [0.15, 0.2) is 122 Å². The van der Waals surface area contributed by atoms with Crippen LogP contribution in [-0.4, -0.2) is 16.2 Å². The number of hydrogen-bond donors (Lipinski definition) is 0. The van der Waals surface area contributed by atoms with Gasteiger partial charge in [0, 0.05) is 52.9 Å². The van der Waals surface area contributed by atoms with Gasteiger partial charge in [0.1, 0.15) is 17.3 Å². The third-order valence-electron chi connectivity index (χ3n) is 11.5. The summed E-state index contributed by atoms with van der Waals surface area (Å²) in [5, 5.41) is 2.36. The van der Waals surface area contributed by atoms with Gasteiger partial charge >= 0.3 is 0 Å². The Kier molecular flexibility index (Phi) is 9.52. The van der Waals surface area contributed by atoms with Gasteiger partial charge in [-0.25, -0.2) is 4.98 Å². The highest BCUT2D eigenvalue weighted by atomic mass is 16.5. The lowest BCUT2D eigenvalue weighted by atomic mass is 9.85. The van der Waals surface area contributed by atoms with Crippen LogP contribution in [0, 0.1) is 20.8 Å².